The van der Waals surface area contributed by atoms with Crippen molar-refractivity contribution in [2.24, 2.45) is 4.99 Å². The highest BCUT2D eigenvalue weighted by molar-refractivity contribution is 6.13. The van der Waals surface area contributed by atoms with Crippen molar-refractivity contribution in [2.75, 3.05) is 7.11 Å². The molecule has 1 heterocycles. The van der Waals surface area contributed by atoms with E-state index in [1.807, 2.05) is 54.6 Å². The van der Waals surface area contributed by atoms with E-state index in [4.69, 9.17) is 14.5 Å². The van der Waals surface area contributed by atoms with Crippen molar-refractivity contribution >= 4 is 17.2 Å². The number of hydrogen-bond acceptors (Lipinski definition) is 3. The molecule has 3 heteroatoms. The first kappa shape index (κ1) is 17.1. The minimum Gasteiger partial charge on any atom is -0.497 e. The lowest BCUT2D eigenvalue weighted by atomic mass is 10.0. The molecule has 0 fully saturated rings. The number of hydrogen-bond donors (Lipinski definition) is 0. The molecule has 1 aliphatic rings. The fourth-order valence-electron chi connectivity index (χ4n) is 3.02. The smallest absolute Gasteiger partial charge is 0.153 e. The number of ether oxygens (including phenoxy) is 2. The molecule has 0 saturated heterocycles. The van der Waals surface area contributed by atoms with Crippen LogP contribution in [0.15, 0.2) is 77.8 Å². The third-order valence-corrected chi connectivity index (χ3v) is 4.77. The summed E-state index contributed by atoms with van der Waals surface area (Å²) in [5.74, 6) is 2.33. The zero-order chi connectivity index (χ0) is 18.8. The van der Waals surface area contributed by atoms with E-state index in [9.17, 15) is 0 Å². The fraction of sp³-hybridized carbons (Fsp3) is 0.125. The van der Waals surface area contributed by atoms with Crippen molar-refractivity contribution in [2.45, 2.75) is 13.8 Å². The number of methoxy groups -OCH3 is 1. The van der Waals surface area contributed by atoms with Gasteiger partial charge in [-0.25, -0.2) is 4.99 Å². The molecule has 1 aliphatic heterocycles. The highest BCUT2D eigenvalue weighted by Gasteiger charge is 2.16. The number of rotatable bonds is 3. The van der Waals surface area contributed by atoms with Gasteiger partial charge in [-0.1, -0.05) is 24.3 Å². The maximum Gasteiger partial charge on any atom is 0.153 e. The summed E-state index contributed by atoms with van der Waals surface area (Å²) in [7, 11) is 1.66. The molecular weight excluding hydrogens is 334 g/mol. The average molecular weight is 355 g/mol. The Labute approximate surface area is 159 Å². The van der Waals surface area contributed by atoms with Crippen molar-refractivity contribution in [1.29, 1.82) is 0 Å². The van der Waals surface area contributed by atoms with Gasteiger partial charge in [-0.2, -0.15) is 0 Å². The quantitative estimate of drug-likeness (QED) is 0.588. The third-order valence-electron chi connectivity index (χ3n) is 4.77. The van der Waals surface area contributed by atoms with Crippen LogP contribution in [0.5, 0.6) is 11.5 Å². The third kappa shape index (κ3) is 3.49. The van der Waals surface area contributed by atoms with Crippen molar-refractivity contribution in [1.82, 2.24) is 0 Å². The first-order valence-corrected chi connectivity index (χ1v) is 8.93. The van der Waals surface area contributed by atoms with Crippen molar-refractivity contribution < 1.29 is 9.47 Å². The molecule has 0 aromatic heterocycles. The Bertz CT molecular complexity index is 1050. The van der Waals surface area contributed by atoms with Gasteiger partial charge >= 0.3 is 0 Å². The van der Waals surface area contributed by atoms with E-state index in [0.29, 0.717) is 0 Å². The van der Waals surface area contributed by atoms with E-state index >= 15 is 0 Å². The molecule has 3 aromatic rings. The van der Waals surface area contributed by atoms with Crippen molar-refractivity contribution in [3.8, 4) is 11.5 Å². The molecule has 0 amide bonds. The summed E-state index contributed by atoms with van der Waals surface area (Å²) in [5, 5.41) is 0. The number of benzene rings is 3. The monoisotopic (exact) mass is 355 g/mol. The maximum atomic E-state index is 6.23. The number of nitrogens with zero attached hydrogens (tertiary/aromatic N) is 1. The average Bonchev–Trinajstić information content (AvgIpc) is 2.90. The molecule has 0 bridgehead atoms. The highest BCUT2D eigenvalue weighted by atomic mass is 16.5. The molecule has 0 atom stereocenters. The van der Waals surface area contributed by atoms with Gasteiger partial charge in [0.15, 0.2) is 5.75 Å². The summed E-state index contributed by atoms with van der Waals surface area (Å²) < 4.78 is 11.5. The molecule has 0 spiro atoms. The lowest BCUT2D eigenvalue weighted by molar-refractivity contribution is 0.414. The Morgan fingerprint density at radius 3 is 2.30 bits per heavy atom. The van der Waals surface area contributed by atoms with Crippen LogP contribution in [-0.2, 0) is 0 Å². The Morgan fingerprint density at radius 1 is 0.815 bits per heavy atom. The van der Waals surface area contributed by atoms with Gasteiger partial charge in [-0.15, -0.1) is 0 Å². The molecule has 0 saturated carbocycles. The topological polar surface area (TPSA) is 30.8 Å². The number of aryl methyl sites for hydroxylation is 2. The molecule has 0 radical (unpaired) electrons. The molecule has 0 aliphatic carbocycles. The largest absolute Gasteiger partial charge is 0.497 e. The van der Waals surface area contributed by atoms with E-state index in [2.05, 4.69) is 32.0 Å². The zero-order valence-corrected chi connectivity index (χ0v) is 15.7. The second kappa shape index (κ2) is 7.12. The van der Waals surface area contributed by atoms with Crippen LogP contribution in [0.4, 0.5) is 5.69 Å². The molecule has 4 rings (SSSR count). The normalized spacial score (nSPS) is 13.0. The van der Waals surface area contributed by atoms with E-state index in [0.717, 1.165) is 39.8 Å². The summed E-state index contributed by atoms with van der Waals surface area (Å²) in [6.07, 6.45) is 2.01. The summed E-state index contributed by atoms with van der Waals surface area (Å²) in [6, 6.07) is 22.1. The number of fused-ring (bicyclic) bond motifs is 1. The standard InChI is InChI=1S/C24H21NO2/c1-16-8-9-19(14-17(16)2)22-15-24(18-10-12-20(26-3)13-11-18)27-23-7-5-4-6-21(23)25-22/h4-15H,1-3H3. The Balaban J connectivity index is 1.85. The van der Waals surface area contributed by atoms with Crippen LogP contribution in [-0.4, -0.2) is 12.8 Å². The summed E-state index contributed by atoms with van der Waals surface area (Å²) in [4.78, 5) is 4.88. The van der Waals surface area contributed by atoms with Gasteiger partial charge in [0, 0.05) is 17.2 Å². The van der Waals surface area contributed by atoms with Crippen LogP contribution in [0.2, 0.25) is 0 Å². The van der Waals surface area contributed by atoms with Crippen LogP contribution in [0.1, 0.15) is 22.3 Å². The Kier molecular flexibility index (Phi) is 4.51. The number of aliphatic imine (C=N–C) groups is 1. The van der Waals surface area contributed by atoms with E-state index in [-0.39, 0.29) is 0 Å². The lowest BCUT2D eigenvalue weighted by Crippen LogP contribution is -2.01. The predicted molar refractivity (Wildman–Crippen MR) is 110 cm³/mol. The second-order valence-corrected chi connectivity index (χ2v) is 6.60. The van der Waals surface area contributed by atoms with Crippen LogP contribution in [0, 0.1) is 13.8 Å². The van der Waals surface area contributed by atoms with Gasteiger partial charge in [0.2, 0.25) is 0 Å². The molecule has 3 nitrogen and oxygen atoms in total. The van der Waals surface area contributed by atoms with E-state index in [1.54, 1.807) is 7.11 Å². The van der Waals surface area contributed by atoms with Crippen molar-refractivity contribution in [3.63, 3.8) is 0 Å². The Hall–Kier alpha value is -3.33. The second-order valence-electron chi connectivity index (χ2n) is 6.60. The SMILES string of the molecule is COc1ccc(C2=CC(c3ccc(C)c(C)c3)=Nc3ccccc3O2)cc1. The van der Waals surface area contributed by atoms with Gasteiger partial charge < -0.3 is 9.47 Å². The molecule has 0 N–H and O–H groups in total. The molecule has 134 valence electrons. The van der Waals surface area contributed by atoms with E-state index < -0.39 is 0 Å². The van der Waals surface area contributed by atoms with E-state index in [1.165, 1.54) is 11.1 Å². The zero-order valence-electron chi connectivity index (χ0n) is 15.7. The fourth-order valence-corrected chi connectivity index (χ4v) is 3.02. The lowest BCUT2D eigenvalue weighted by Gasteiger charge is -2.10. The van der Waals surface area contributed by atoms with Gasteiger partial charge in [-0.3, -0.25) is 0 Å². The molecule has 0 unspecified atom stereocenters. The molecule has 27 heavy (non-hydrogen) atoms. The minimum absolute atomic E-state index is 0.749. The first-order valence-electron chi connectivity index (χ1n) is 8.93. The summed E-state index contributed by atoms with van der Waals surface area (Å²) >= 11 is 0. The number of allylic oxidation sites excluding steroid dienone is 1. The molecular formula is C24H21NO2. The van der Waals surface area contributed by atoms with Gasteiger partial charge in [0.25, 0.3) is 0 Å². The van der Waals surface area contributed by atoms with Crippen molar-refractivity contribution in [3.05, 3.63) is 95.1 Å². The molecule has 3 aromatic carbocycles. The summed E-state index contributed by atoms with van der Waals surface area (Å²) in [5.41, 5.74) is 6.27. The number of para-hydroxylation sites is 2. The van der Waals surface area contributed by atoms with Crippen LogP contribution < -0.4 is 9.47 Å². The van der Waals surface area contributed by atoms with Gasteiger partial charge in [-0.05, 0) is 67.4 Å². The Morgan fingerprint density at radius 2 is 1.56 bits per heavy atom. The van der Waals surface area contributed by atoms with Crippen LogP contribution in [0.3, 0.4) is 0 Å². The minimum atomic E-state index is 0.749. The summed E-state index contributed by atoms with van der Waals surface area (Å²) in [6.45, 7) is 4.24. The van der Waals surface area contributed by atoms with Crippen LogP contribution >= 0.6 is 0 Å². The van der Waals surface area contributed by atoms with Crippen LogP contribution in [0.25, 0.3) is 5.76 Å². The van der Waals surface area contributed by atoms with Gasteiger partial charge in [0.05, 0.1) is 12.8 Å². The highest BCUT2D eigenvalue weighted by Crippen LogP contribution is 2.35. The maximum absolute atomic E-state index is 6.23. The predicted octanol–water partition coefficient (Wildman–Crippen LogP) is 5.87. The first-order chi connectivity index (χ1) is 13.1. The van der Waals surface area contributed by atoms with Gasteiger partial charge in [0.1, 0.15) is 17.2 Å².